The van der Waals surface area contributed by atoms with E-state index in [1.807, 2.05) is 18.2 Å². The fourth-order valence-corrected chi connectivity index (χ4v) is 3.81. The molecule has 0 spiro atoms. The first-order valence-corrected chi connectivity index (χ1v) is 9.63. The molecular weight excluding hydrogens is 365 g/mol. The van der Waals surface area contributed by atoms with Crippen molar-refractivity contribution in [2.45, 2.75) is 18.4 Å². The van der Waals surface area contributed by atoms with Crippen molar-refractivity contribution in [2.75, 3.05) is 12.4 Å². The fourth-order valence-electron chi connectivity index (χ4n) is 3.81. The fraction of sp³-hybridized carbons (Fsp3) is 0.167. The van der Waals surface area contributed by atoms with Gasteiger partial charge in [-0.3, -0.25) is 0 Å². The van der Waals surface area contributed by atoms with Crippen LogP contribution in [0.4, 0.5) is 10.2 Å². The van der Waals surface area contributed by atoms with E-state index in [0.29, 0.717) is 17.7 Å². The van der Waals surface area contributed by atoms with Gasteiger partial charge in [0.05, 0.1) is 7.11 Å². The first-order valence-electron chi connectivity index (χ1n) is 9.63. The van der Waals surface area contributed by atoms with Crippen molar-refractivity contribution in [3.63, 3.8) is 0 Å². The molecule has 1 aliphatic rings. The number of halogens is 1. The molecule has 0 bridgehead atoms. The highest BCUT2D eigenvalue weighted by Crippen LogP contribution is 2.43. The van der Waals surface area contributed by atoms with Gasteiger partial charge in [0.2, 0.25) is 0 Å². The zero-order valence-electron chi connectivity index (χ0n) is 16.0. The van der Waals surface area contributed by atoms with Crippen LogP contribution in [0.3, 0.4) is 0 Å². The third-order valence-corrected chi connectivity index (χ3v) is 5.44. The lowest BCUT2D eigenvalue weighted by Gasteiger charge is -2.13. The summed E-state index contributed by atoms with van der Waals surface area (Å²) in [5, 5.41) is 4.47. The maximum Gasteiger partial charge on any atom is 0.145 e. The van der Waals surface area contributed by atoms with Crippen molar-refractivity contribution in [3.05, 3.63) is 84.4 Å². The number of nitrogens with one attached hydrogen (secondary N) is 1. The van der Waals surface area contributed by atoms with E-state index in [2.05, 4.69) is 39.6 Å². The van der Waals surface area contributed by atoms with Gasteiger partial charge in [0.25, 0.3) is 0 Å². The Kier molecular flexibility index (Phi) is 4.35. The molecule has 1 fully saturated rings. The van der Waals surface area contributed by atoms with Crippen LogP contribution in [0.15, 0.2) is 73.1 Å². The predicted octanol–water partition coefficient (Wildman–Crippen LogP) is 5.41. The number of nitrogens with zero attached hydrogens (tertiary/aromatic N) is 2. The van der Waals surface area contributed by atoms with Gasteiger partial charge in [0, 0.05) is 17.3 Å². The number of methoxy groups -OCH3 is 1. The molecule has 0 amide bonds. The zero-order chi connectivity index (χ0) is 19.8. The third-order valence-electron chi connectivity index (χ3n) is 5.44. The molecule has 0 unspecified atom stereocenters. The summed E-state index contributed by atoms with van der Waals surface area (Å²) in [6, 6.07) is 21.3. The first-order chi connectivity index (χ1) is 14.2. The minimum atomic E-state index is -0.257. The number of hydrogen-bond acceptors (Lipinski definition) is 4. The summed E-state index contributed by atoms with van der Waals surface area (Å²) in [4.78, 5) is 8.93. The summed E-state index contributed by atoms with van der Waals surface area (Å²) in [5.41, 5.74) is 3.94. The van der Waals surface area contributed by atoms with E-state index in [0.717, 1.165) is 34.3 Å². The second-order valence-corrected chi connectivity index (χ2v) is 7.31. The Morgan fingerprint density at radius 2 is 1.76 bits per heavy atom. The maximum absolute atomic E-state index is 13.3. The molecule has 5 heteroatoms. The number of aromatic nitrogens is 2. The molecule has 1 heterocycles. The molecule has 5 rings (SSSR count). The highest BCUT2D eigenvalue weighted by Gasteiger charge is 2.38. The summed E-state index contributed by atoms with van der Waals surface area (Å²) in [6.07, 6.45) is 2.63. The number of ether oxygens (including phenoxy) is 1. The van der Waals surface area contributed by atoms with Gasteiger partial charge in [-0.05, 0) is 47.4 Å². The van der Waals surface area contributed by atoms with E-state index in [-0.39, 0.29) is 5.82 Å². The van der Waals surface area contributed by atoms with E-state index in [1.54, 1.807) is 25.6 Å². The van der Waals surface area contributed by atoms with E-state index in [9.17, 15) is 4.39 Å². The molecule has 3 aromatic carbocycles. The molecule has 1 aliphatic carbocycles. The summed E-state index contributed by atoms with van der Waals surface area (Å²) >= 11 is 0. The average Bonchev–Trinajstić information content (AvgIpc) is 3.53. The van der Waals surface area contributed by atoms with Gasteiger partial charge >= 0.3 is 0 Å². The summed E-state index contributed by atoms with van der Waals surface area (Å²) in [5.74, 6) is 1.69. The standard InChI is InChI=1S/C24H20FN3O/c1-29-22-12-17(15-7-9-18(25)10-8-15)11-20-23(22)26-14-27-24(20)28-21-13-19(21)16-5-3-2-4-6-16/h2-12,14,19,21H,13H2,1H3,(H,26,27,28)/t19-,21+/m1/s1. The Labute approximate surface area is 168 Å². The molecule has 1 saturated carbocycles. The minimum Gasteiger partial charge on any atom is -0.494 e. The van der Waals surface area contributed by atoms with Gasteiger partial charge in [-0.15, -0.1) is 0 Å². The summed E-state index contributed by atoms with van der Waals surface area (Å²) in [6.45, 7) is 0. The van der Waals surface area contributed by atoms with Crippen molar-refractivity contribution in [3.8, 4) is 16.9 Å². The molecule has 0 saturated heterocycles. The van der Waals surface area contributed by atoms with Gasteiger partial charge < -0.3 is 10.1 Å². The van der Waals surface area contributed by atoms with Crippen LogP contribution in [0.1, 0.15) is 17.9 Å². The Morgan fingerprint density at radius 3 is 2.52 bits per heavy atom. The topological polar surface area (TPSA) is 47.0 Å². The van der Waals surface area contributed by atoms with Crippen molar-refractivity contribution in [2.24, 2.45) is 0 Å². The monoisotopic (exact) mass is 385 g/mol. The van der Waals surface area contributed by atoms with E-state index in [4.69, 9.17) is 4.74 Å². The van der Waals surface area contributed by atoms with Crippen LogP contribution in [0.25, 0.3) is 22.0 Å². The lowest BCUT2D eigenvalue weighted by Crippen LogP contribution is -2.07. The van der Waals surface area contributed by atoms with Crippen molar-refractivity contribution in [1.29, 1.82) is 0 Å². The molecule has 0 aliphatic heterocycles. The lowest BCUT2D eigenvalue weighted by atomic mass is 10.0. The van der Waals surface area contributed by atoms with Crippen LogP contribution in [-0.4, -0.2) is 23.1 Å². The largest absolute Gasteiger partial charge is 0.494 e. The minimum absolute atomic E-state index is 0.257. The highest BCUT2D eigenvalue weighted by molar-refractivity contribution is 5.96. The molecule has 1 N–H and O–H groups in total. The van der Waals surface area contributed by atoms with Gasteiger partial charge in [0.1, 0.15) is 29.2 Å². The molecule has 144 valence electrons. The molecule has 4 aromatic rings. The maximum atomic E-state index is 13.3. The van der Waals surface area contributed by atoms with Gasteiger partial charge in [-0.2, -0.15) is 0 Å². The number of rotatable bonds is 5. The van der Waals surface area contributed by atoms with Crippen LogP contribution in [-0.2, 0) is 0 Å². The van der Waals surface area contributed by atoms with Crippen LogP contribution >= 0.6 is 0 Å². The Bertz CT molecular complexity index is 1160. The van der Waals surface area contributed by atoms with Crippen molar-refractivity contribution >= 4 is 16.7 Å². The number of hydrogen-bond donors (Lipinski definition) is 1. The molecule has 4 nitrogen and oxygen atoms in total. The lowest BCUT2D eigenvalue weighted by molar-refractivity contribution is 0.419. The van der Waals surface area contributed by atoms with Crippen LogP contribution in [0, 0.1) is 5.82 Å². The predicted molar refractivity (Wildman–Crippen MR) is 113 cm³/mol. The SMILES string of the molecule is COc1cc(-c2ccc(F)cc2)cc2c(N[C@H]3C[C@@H]3c3ccccc3)ncnc12. The molecule has 0 radical (unpaired) electrons. The Morgan fingerprint density at radius 1 is 0.966 bits per heavy atom. The first kappa shape index (κ1) is 17.6. The van der Waals surface area contributed by atoms with Crippen LogP contribution in [0.5, 0.6) is 5.75 Å². The Hall–Kier alpha value is -3.47. The van der Waals surface area contributed by atoms with Crippen molar-refractivity contribution < 1.29 is 9.13 Å². The molecule has 29 heavy (non-hydrogen) atoms. The second kappa shape index (κ2) is 7.17. The van der Waals surface area contributed by atoms with E-state index in [1.165, 1.54) is 17.7 Å². The number of fused-ring (bicyclic) bond motifs is 1. The molecular formula is C24H20FN3O. The highest BCUT2D eigenvalue weighted by atomic mass is 19.1. The summed E-state index contributed by atoms with van der Waals surface area (Å²) < 4.78 is 18.9. The average molecular weight is 385 g/mol. The third kappa shape index (κ3) is 3.40. The normalized spacial score (nSPS) is 17.9. The quantitative estimate of drug-likeness (QED) is 0.499. The van der Waals surface area contributed by atoms with Gasteiger partial charge in [-0.1, -0.05) is 42.5 Å². The van der Waals surface area contributed by atoms with Gasteiger partial charge in [0.15, 0.2) is 0 Å². The zero-order valence-corrected chi connectivity index (χ0v) is 16.0. The van der Waals surface area contributed by atoms with Crippen LogP contribution in [0.2, 0.25) is 0 Å². The number of benzene rings is 3. The van der Waals surface area contributed by atoms with Crippen molar-refractivity contribution in [1.82, 2.24) is 9.97 Å². The molecule has 1 aromatic heterocycles. The molecule has 2 atom stereocenters. The second-order valence-electron chi connectivity index (χ2n) is 7.31. The van der Waals surface area contributed by atoms with E-state index >= 15 is 0 Å². The number of anilines is 1. The smallest absolute Gasteiger partial charge is 0.145 e. The van der Waals surface area contributed by atoms with Crippen LogP contribution < -0.4 is 10.1 Å². The van der Waals surface area contributed by atoms with Gasteiger partial charge in [-0.25, -0.2) is 14.4 Å². The Balaban J connectivity index is 1.52. The van der Waals surface area contributed by atoms with E-state index < -0.39 is 0 Å². The summed E-state index contributed by atoms with van der Waals surface area (Å²) in [7, 11) is 1.63.